The number of hydrogen-bond acceptors (Lipinski definition) is 4. The van der Waals surface area contributed by atoms with Crippen LogP contribution in [0, 0.1) is 0 Å². The van der Waals surface area contributed by atoms with Gasteiger partial charge < -0.3 is 10.1 Å². The Balaban J connectivity index is 1.91. The van der Waals surface area contributed by atoms with Crippen molar-refractivity contribution in [2.75, 3.05) is 25.5 Å². The molecule has 1 saturated heterocycles. The lowest BCUT2D eigenvalue weighted by Gasteiger charge is -2.17. The minimum absolute atomic E-state index is 0.0260. The molecule has 0 saturated carbocycles. The van der Waals surface area contributed by atoms with Gasteiger partial charge in [0, 0.05) is 23.8 Å². The third-order valence-corrected chi connectivity index (χ3v) is 6.89. The Morgan fingerprint density at radius 1 is 1.11 bits per heavy atom. The van der Waals surface area contributed by atoms with Crippen molar-refractivity contribution in [1.29, 1.82) is 0 Å². The monoisotopic (exact) mass is 428 g/mol. The average Bonchev–Trinajstić information content (AvgIpc) is 3.18. The number of carbonyl (C=O) groups is 1. The SMILES string of the molecule is COc1ccc(Cl)cc1C(=O)Nc1ccc(Cl)c(S(=O)(=O)N2CCCC2)c1. The van der Waals surface area contributed by atoms with Crippen molar-refractivity contribution in [3.8, 4) is 5.75 Å². The first kappa shape index (κ1) is 19.9. The summed E-state index contributed by atoms with van der Waals surface area (Å²) in [6.07, 6.45) is 1.64. The molecule has 1 amide bonds. The van der Waals surface area contributed by atoms with E-state index in [-0.39, 0.29) is 15.5 Å². The number of methoxy groups -OCH3 is 1. The van der Waals surface area contributed by atoms with Gasteiger partial charge in [0.15, 0.2) is 0 Å². The number of anilines is 1. The standard InChI is InChI=1S/C18H18Cl2N2O4S/c1-26-16-7-4-12(19)10-14(16)18(23)21-13-5-6-15(20)17(11-13)27(24,25)22-8-2-3-9-22/h4-7,10-11H,2-3,8-9H2,1H3,(H,21,23). The van der Waals surface area contributed by atoms with Crippen LogP contribution >= 0.6 is 23.2 Å². The van der Waals surface area contributed by atoms with Gasteiger partial charge in [-0.1, -0.05) is 23.2 Å². The van der Waals surface area contributed by atoms with Crippen LogP contribution in [0.5, 0.6) is 5.75 Å². The molecule has 1 aliphatic rings. The molecule has 0 aromatic heterocycles. The molecule has 27 heavy (non-hydrogen) atoms. The van der Waals surface area contributed by atoms with Crippen LogP contribution in [-0.2, 0) is 10.0 Å². The number of halogens is 2. The molecule has 2 aromatic rings. The van der Waals surface area contributed by atoms with E-state index in [1.807, 2.05) is 0 Å². The van der Waals surface area contributed by atoms with Gasteiger partial charge in [0.1, 0.15) is 10.6 Å². The van der Waals surface area contributed by atoms with Gasteiger partial charge in [-0.25, -0.2) is 8.42 Å². The highest BCUT2D eigenvalue weighted by molar-refractivity contribution is 7.89. The van der Waals surface area contributed by atoms with E-state index in [1.165, 1.54) is 29.6 Å². The summed E-state index contributed by atoms with van der Waals surface area (Å²) in [5, 5.41) is 3.17. The molecule has 2 aromatic carbocycles. The summed E-state index contributed by atoms with van der Waals surface area (Å²) in [6, 6.07) is 9.04. The number of carbonyl (C=O) groups excluding carboxylic acids is 1. The summed E-state index contributed by atoms with van der Waals surface area (Å²) in [7, 11) is -2.26. The Labute approximate surface area is 168 Å². The fraction of sp³-hybridized carbons (Fsp3) is 0.278. The van der Waals surface area contributed by atoms with Crippen LogP contribution in [0.4, 0.5) is 5.69 Å². The highest BCUT2D eigenvalue weighted by Gasteiger charge is 2.29. The third-order valence-electron chi connectivity index (χ3n) is 4.28. The second-order valence-corrected chi connectivity index (χ2v) is 8.81. The Bertz CT molecular complexity index is 973. The highest BCUT2D eigenvalue weighted by Crippen LogP contribution is 2.30. The predicted octanol–water partition coefficient (Wildman–Crippen LogP) is 4.04. The molecular weight excluding hydrogens is 411 g/mol. The van der Waals surface area contributed by atoms with E-state index < -0.39 is 15.9 Å². The van der Waals surface area contributed by atoms with Crippen molar-refractivity contribution in [2.24, 2.45) is 0 Å². The molecule has 9 heteroatoms. The molecule has 0 atom stereocenters. The molecule has 144 valence electrons. The van der Waals surface area contributed by atoms with Crippen LogP contribution in [0.25, 0.3) is 0 Å². The number of sulfonamides is 1. The van der Waals surface area contributed by atoms with Gasteiger partial charge in [0.25, 0.3) is 5.91 Å². The van der Waals surface area contributed by atoms with Crippen LogP contribution in [0.2, 0.25) is 10.0 Å². The second kappa shape index (κ2) is 8.06. The lowest BCUT2D eigenvalue weighted by atomic mass is 10.2. The zero-order valence-electron chi connectivity index (χ0n) is 14.5. The molecule has 1 heterocycles. The fourth-order valence-electron chi connectivity index (χ4n) is 2.90. The maximum Gasteiger partial charge on any atom is 0.259 e. The lowest BCUT2D eigenvalue weighted by Crippen LogP contribution is -2.28. The van der Waals surface area contributed by atoms with E-state index in [0.29, 0.717) is 29.5 Å². The number of hydrogen-bond donors (Lipinski definition) is 1. The van der Waals surface area contributed by atoms with Crippen LogP contribution in [-0.4, -0.2) is 38.8 Å². The average molecular weight is 429 g/mol. The highest BCUT2D eigenvalue weighted by atomic mass is 35.5. The molecule has 0 spiro atoms. The molecule has 1 N–H and O–H groups in total. The van der Waals surface area contributed by atoms with Crippen LogP contribution < -0.4 is 10.1 Å². The molecule has 0 bridgehead atoms. The third kappa shape index (κ3) is 4.21. The minimum Gasteiger partial charge on any atom is -0.496 e. The Hall–Kier alpha value is -1.80. The first-order valence-electron chi connectivity index (χ1n) is 8.27. The van der Waals surface area contributed by atoms with Crippen molar-refractivity contribution in [2.45, 2.75) is 17.7 Å². The van der Waals surface area contributed by atoms with Gasteiger partial charge in [0.05, 0.1) is 17.7 Å². The van der Waals surface area contributed by atoms with Gasteiger partial charge in [-0.2, -0.15) is 4.31 Å². The fourth-order valence-corrected chi connectivity index (χ4v) is 5.09. The first-order valence-corrected chi connectivity index (χ1v) is 10.5. The van der Waals surface area contributed by atoms with Gasteiger partial charge in [-0.05, 0) is 49.2 Å². The number of benzene rings is 2. The van der Waals surface area contributed by atoms with Crippen LogP contribution in [0.1, 0.15) is 23.2 Å². The van der Waals surface area contributed by atoms with E-state index in [4.69, 9.17) is 27.9 Å². The lowest BCUT2D eigenvalue weighted by molar-refractivity contribution is 0.102. The topological polar surface area (TPSA) is 75.7 Å². The maximum atomic E-state index is 12.8. The van der Waals surface area contributed by atoms with Crippen LogP contribution in [0.15, 0.2) is 41.3 Å². The molecule has 1 fully saturated rings. The van der Waals surface area contributed by atoms with Gasteiger partial charge >= 0.3 is 0 Å². The zero-order chi connectivity index (χ0) is 19.6. The van der Waals surface area contributed by atoms with Gasteiger partial charge in [0.2, 0.25) is 10.0 Å². The molecule has 0 aliphatic carbocycles. The smallest absolute Gasteiger partial charge is 0.259 e. The summed E-state index contributed by atoms with van der Waals surface area (Å²) in [5.74, 6) is -0.114. The summed E-state index contributed by atoms with van der Waals surface area (Å²) in [4.78, 5) is 12.6. The maximum absolute atomic E-state index is 12.8. The number of ether oxygens (including phenoxy) is 1. The van der Waals surface area contributed by atoms with E-state index in [9.17, 15) is 13.2 Å². The van der Waals surface area contributed by atoms with E-state index >= 15 is 0 Å². The van der Waals surface area contributed by atoms with Crippen molar-refractivity contribution in [3.63, 3.8) is 0 Å². The van der Waals surface area contributed by atoms with Crippen molar-refractivity contribution < 1.29 is 17.9 Å². The molecule has 3 rings (SSSR count). The number of nitrogens with zero attached hydrogens (tertiary/aromatic N) is 1. The first-order chi connectivity index (χ1) is 12.8. The van der Waals surface area contributed by atoms with Crippen LogP contribution in [0.3, 0.4) is 0 Å². The van der Waals surface area contributed by atoms with Gasteiger partial charge in [-0.3, -0.25) is 4.79 Å². The summed E-state index contributed by atoms with van der Waals surface area (Å²) in [5.41, 5.74) is 0.549. The quantitative estimate of drug-likeness (QED) is 0.779. The second-order valence-electron chi connectivity index (χ2n) is 6.06. The summed E-state index contributed by atoms with van der Waals surface area (Å²) < 4.78 is 32.2. The largest absolute Gasteiger partial charge is 0.496 e. The van der Waals surface area contributed by atoms with E-state index in [2.05, 4.69) is 5.32 Å². The number of nitrogens with one attached hydrogen (secondary N) is 1. The van der Waals surface area contributed by atoms with Crippen molar-refractivity contribution in [3.05, 3.63) is 52.0 Å². The summed E-state index contributed by atoms with van der Waals surface area (Å²) in [6.45, 7) is 0.934. The molecule has 6 nitrogen and oxygen atoms in total. The number of rotatable bonds is 5. The number of amides is 1. The molecule has 1 aliphatic heterocycles. The van der Waals surface area contributed by atoms with E-state index in [0.717, 1.165) is 12.8 Å². The molecule has 0 radical (unpaired) electrons. The molecular formula is C18H18Cl2N2O4S. The predicted molar refractivity (Wildman–Crippen MR) is 105 cm³/mol. The Morgan fingerprint density at radius 3 is 2.48 bits per heavy atom. The zero-order valence-corrected chi connectivity index (χ0v) is 16.9. The minimum atomic E-state index is -3.71. The van der Waals surface area contributed by atoms with E-state index in [1.54, 1.807) is 18.2 Å². The van der Waals surface area contributed by atoms with Gasteiger partial charge in [-0.15, -0.1) is 0 Å². The van der Waals surface area contributed by atoms with Crippen molar-refractivity contribution in [1.82, 2.24) is 4.31 Å². The molecule has 0 unspecified atom stereocenters. The summed E-state index contributed by atoms with van der Waals surface area (Å²) >= 11 is 12.1. The normalized spacial score (nSPS) is 14.9. The Morgan fingerprint density at radius 2 is 1.81 bits per heavy atom. The van der Waals surface area contributed by atoms with Crippen molar-refractivity contribution >= 4 is 44.8 Å². The Kier molecular flexibility index (Phi) is 5.95.